The molecule has 0 saturated heterocycles. The van der Waals surface area contributed by atoms with E-state index in [9.17, 15) is 9.59 Å². The van der Waals surface area contributed by atoms with Gasteiger partial charge in [0.25, 0.3) is 0 Å². The van der Waals surface area contributed by atoms with Gasteiger partial charge in [0.15, 0.2) is 0 Å². The lowest BCUT2D eigenvalue weighted by molar-refractivity contribution is 0.0533. The summed E-state index contributed by atoms with van der Waals surface area (Å²) in [6.07, 6.45) is -0.800. The molecule has 100 valence electrons. The van der Waals surface area contributed by atoms with Crippen LogP contribution in [0.3, 0.4) is 0 Å². The van der Waals surface area contributed by atoms with Crippen LogP contribution in [-0.2, 0) is 18.9 Å². The number of alkyl carbamates (subject to hydrolysis) is 1. The largest absolute Gasteiger partial charge is 0.508 e. The van der Waals surface area contributed by atoms with Gasteiger partial charge < -0.3 is 24.3 Å². The number of carbonyl (C=O) groups is 2. The number of hydrogen-bond donors (Lipinski definition) is 1. The van der Waals surface area contributed by atoms with E-state index in [2.05, 4.69) is 14.8 Å². The highest BCUT2D eigenvalue weighted by atomic mass is 16.7. The van der Waals surface area contributed by atoms with Crippen LogP contribution in [0.15, 0.2) is 0 Å². The highest BCUT2D eigenvalue weighted by Gasteiger charge is 2.03. The molecule has 1 amide bonds. The van der Waals surface area contributed by atoms with E-state index in [0.29, 0.717) is 19.6 Å². The van der Waals surface area contributed by atoms with Gasteiger partial charge in [-0.2, -0.15) is 0 Å². The lowest BCUT2D eigenvalue weighted by Gasteiger charge is -2.07. The van der Waals surface area contributed by atoms with Crippen molar-refractivity contribution in [2.24, 2.45) is 0 Å². The standard InChI is InChI=1S/C10H19NO6/c1-3-15-10(13)17-7-4-6-16-9(12)11-5-8-14-2/h3-8H2,1-2H3,(H,11,12). The zero-order chi connectivity index (χ0) is 12.9. The normalized spacial score (nSPS) is 9.53. The lowest BCUT2D eigenvalue weighted by atomic mass is 10.5. The Kier molecular flexibility index (Phi) is 10.0. The van der Waals surface area contributed by atoms with Gasteiger partial charge in [0, 0.05) is 20.1 Å². The summed E-state index contributed by atoms with van der Waals surface area (Å²) < 4.78 is 18.7. The van der Waals surface area contributed by atoms with Gasteiger partial charge in [0.2, 0.25) is 0 Å². The molecule has 0 fully saturated rings. The van der Waals surface area contributed by atoms with E-state index in [1.165, 1.54) is 0 Å². The number of rotatable bonds is 8. The molecule has 0 saturated carbocycles. The molecule has 0 radical (unpaired) electrons. The van der Waals surface area contributed by atoms with Gasteiger partial charge in [-0.1, -0.05) is 0 Å². The monoisotopic (exact) mass is 249 g/mol. The van der Waals surface area contributed by atoms with E-state index in [0.717, 1.165) is 0 Å². The quantitative estimate of drug-likeness (QED) is 0.509. The lowest BCUT2D eigenvalue weighted by Crippen LogP contribution is -2.28. The number of nitrogens with one attached hydrogen (secondary N) is 1. The van der Waals surface area contributed by atoms with Crippen molar-refractivity contribution in [3.05, 3.63) is 0 Å². The third kappa shape index (κ3) is 10.8. The maximum Gasteiger partial charge on any atom is 0.508 e. The number of methoxy groups -OCH3 is 1. The van der Waals surface area contributed by atoms with Crippen molar-refractivity contribution < 1.29 is 28.5 Å². The summed E-state index contributed by atoms with van der Waals surface area (Å²) >= 11 is 0. The fraction of sp³-hybridized carbons (Fsp3) is 0.800. The fourth-order valence-electron chi connectivity index (χ4n) is 0.845. The van der Waals surface area contributed by atoms with Gasteiger partial charge in [0.05, 0.1) is 26.4 Å². The van der Waals surface area contributed by atoms with Crippen LogP contribution in [0, 0.1) is 0 Å². The number of amides is 1. The number of ether oxygens (including phenoxy) is 4. The summed E-state index contributed by atoms with van der Waals surface area (Å²) in [4.78, 5) is 21.7. The first-order chi connectivity index (χ1) is 8.20. The molecule has 0 aliphatic rings. The molecular weight excluding hydrogens is 230 g/mol. The Hall–Kier alpha value is -1.50. The molecule has 0 aromatic heterocycles. The third-order valence-electron chi connectivity index (χ3n) is 1.58. The molecule has 0 spiro atoms. The summed E-state index contributed by atoms with van der Waals surface area (Å²) in [6.45, 7) is 3.13. The van der Waals surface area contributed by atoms with Crippen molar-refractivity contribution in [1.29, 1.82) is 0 Å². The summed E-state index contributed by atoms with van der Waals surface area (Å²) in [7, 11) is 1.54. The summed E-state index contributed by atoms with van der Waals surface area (Å²) in [5, 5.41) is 2.48. The molecule has 0 bridgehead atoms. The predicted molar refractivity (Wildman–Crippen MR) is 58.8 cm³/mol. The first kappa shape index (κ1) is 15.5. The van der Waals surface area contributed by atoms with E-state index in [-0.39, 0.29) is 19.8 Å². The first-order valence-electron chi connectivity index (χ1n) is 5.39. The summed E-state index contributed by atoms with van der Waals surface area (Å²) in [5.41, 5.74) is 0. The Bertz CT molecular complexity index is 221. The third-order valence-corrected chi connectivity index (χ3v) is 1.58. The zero-order valence-corrected chi connectivity index (χ0v) is 10.2. The molecule has 7 nitrogen and oxygen atoms in total. The second-order valence-corrected chi connectivity index (χ2v) is 2.94. The molecular formula is C10H19NO6. The van der Waals surface area contributed by atoms with Crippen molar-refractivity contribution in [2.75, 3.05) is 40.1 Å². The smallest absolute Gasteiger partial charge is 0.449 e. The molecule has 0 unspecified atom stereocenters. The minimum atomic E-state index is -0.711. The Labute approximate surface area is 100 Å². The van der Waals surface area contributed by atoms with Crippen molar-refractivity contribution in [2.45, 2.75) is 13.3 Å². The van der Waals surface area contributed by atoms with Gasteiger partial charge in [-0.05, 0) is 6.92 Å². The molecule has 0 aliphatic carbocycles. The maximum atomic E-state index is 11.0. The van der Waals surface area contributed by atoms with Gasteiger partial charge in [-0.15, -0.1) is 0 Å². The van der Waals surface area contributed by atoms with Gasteiger partial charge in [0.1, 0.15) is 0 Å². The van der Waals surface area contributed by atoms with Crippen LogP contribution < -0.4 is 5.32 Å². The van der Waals surface area contributed by atoms with Crippen LogP contribution in [0.5, 0.6) is 0 Å². The minimum Gasteiger partial charge on any atom is -0.449 e. The predicted octanol–water partition coefficient (Wildman–Crippen LogP) is 0.922. The molecule has 0 rings (SSSR count). The minimum absolute atomic E-state index is 0.157. The van der Waals surface area contributed by atoms with E-state index < -0.39 is 12.2 Å². The Balaban J connectivity index is 3.27. The first-order valence-corrected chi connectivity index (χ1v) is 5.39. The summed E-state index contributed by atoms with van der Waals surface area (Å²) in [6, 6.07) is 0. The molecule has 1 N–H and O–H groups in total. The van der Waals surface area contributed by atoms with Gasteiger partial charge >= 0.3 is 12.2 Å². The molecule has 0 aromatic carbocycles. The fourth-order valence-corrected chi connectivity index (χ4v) is 0.845. The second-order valence-electron chi connectivity index (χ2n) is 2.94. The van der Waals surface area contributed by atoms with Gasteiger partial charge in [-0.25, -0.2) is 9.59 Å². The average molecular weight is 249 g/mol. The van der Waals surface area contributed by atoms with Crippen LogP contribution in [-0.4, -0.2) is 52.3 Å². The van der Waals surface area contributed by atoms with Gasteiger partial charge in [-0.3, -0.25) is 0 Å². The molecule has 0 aliphatic heterocycles. The molecule has 7 heteroatoms. The Morgan fingerprint density at radius 2 is 1.76 bits per heavy atom. The summed E-state index contributed by atoms with van der Waals surface area (Å²) in [5.74, 6) is 0. The van der Waals surface area contributed by atoms with Crippen LogP contribution in [0.4, 0.5) is 9.59 Å². The topological polar surface area (TPSA) is 83.1 Å². The number of carbonyl (C=O) groups excluding carboxylic acids is 2. The van der Waals surface area contributed by atoms with Crippen molar-refractivity contribution in [1.82, 2.24) is 5.32 Å². The van der Waals surface area contributed by atoms with E-state index in [4.69, 9.17) is 9.47 Å². The van der Waals surface area contributed by atoms with Crippen LogP contribution in [0.1, 0.15) is 13.3 Å². The molecule has 0 heterocycles. The molecule has 17 heavy (non-hydrogen) atoms. The van der Waals surface area contributed by atoms with Crippen LogP contribution in [0.2, 0.25) is 0 Å². The Morgan fingerprint density at radius 1 is 1.06 bits per heavy atom. The molecule has 0 atom stereocenters. The Morgan fingerprint density at radius 3 is 2.41 bits per heavy atom. The highest BCUT2D eigenvalue weighted by Crippen LogP contribution is 1.89. The van der Waals surface area contributed by atoms with E-state index in [1.54, 1.807) is 14.0 Å². The SMILES string of the molecule is CCOC(=O)OCCCOC(=O)NCCOC. The highest BCUT2D eigenvalue weighted by molar-refractivity contribution is 5.67. The van der Waals surface area contributed by atoms with Crippen LogP contribution in [0.25, 0.3) is 0 Å². The van der Waals surface area contributed by atoms with E-state index in [1.807, 2.05) is 0 Å². The maximum absolute atomic E-state index is 11.0. The van der Waals surface area contributed by atoms with Crippen LogP contribution >= 0.6 is 0 Å². The van der Waals surface area contributed by atoms with Crippen molar-refractivity contribution in [3.8, 4) is 0 Å². The molecule has 0 aromatic rings. The average Bonchev–Trinajstić information content (AvgIpc) is 2.29. The number of hydrogen-bond acceptors (Lipinski definition) is 6. The zero-order valence-electron chi connectivity index (χ0n) is 10.2. The van der Waals surface area contributed by atoms with Crippen molar-refractivity contribution >= 4 is 12.2 Å². The second kappa shape index (κ2) is 11.0. The van der Waals surface area contributed by atoms with Crippen molar-refractivity contribution in [3.63, 3.8) is 0 Å². The van der Waals surface area contributed by atoms with E-state index >= 15 is 0 Å².